The summed E-state index contributed by atoms with van der Waals surface area (Å²) in [5.41, 5.74) is 2.97. The van der Waals surface area contributed by atoms with E-state index >= 15 is 0 Å². The van der Waals surface area contributed by atoms with E-state index in [2.05, 4.69) is 13.0 Å². The standard InChI is InChI=1S/C26H36O3/c1-26-15-14-21-20-10-8-19(27)16-18(20)7-9-22(21)23(26)11-12-24(26)29-25(28)13-6-17-4-2-3-5-17/h8,10,16-17,21-24,27H,2-7,9,11-15H2,1H3/t21-,22+,23+,24?,26+/m1/s1. The maximum atomic E-state index is 12.6. The summed E-state index contributed by atoms with van der Waals surface area (Å²) in [6.07, 6.45) is 13.9. The molecular formula is C26H36O3. The number of benzene rings is 1. The summed E-state index contributed by atoms with van der Waals surface area (Å²) >= 11 is 0. The van der Waals surface area contributed by atoms with Crippen molar-refractivity contribution in [3.63, 3.8) is 0 Å². The van der Waals surface area contributed by atoms with Crippen LogP contribution < -0.4 is 0 Å². The molecule has 0 aromatic heterocycles. The monoisotopic (exact) mass is 396 g/mol. The van der Waals surface area contributed by atoms with Gasteiger partial charge in [-0.2, -0.15) is 0 Å². The Hall–Kier alpha value is -1.51. The van der Waals surface area contributed by atoms with Gasteiger partial charge in [0, 0.05) is 11.8 Å². The molecule has 29 heavy (non-hydrogen) atoms. The van der Waals surface area contributed by atoms with E-state index in [1.54, 1.807) is 0 Å². The third kappa shape index (κ3) is 3.49. The van der Waals surface area contributed by atoms with Crippen molar-refractivity contribution < 1.29 is 14.6 Å². The first kappa shape index (κ1) is 19.5. The first-order valence-corrected chi connectivity index (χ1v) is 12.1. The number of esters is 1. The van der Waals surface area contributed by atoms with E-state index in [0.717, 1.165) is 31.6 Å². The third-order valence-electron chi connectivity index (χ3n) is 9.13. The Morgan fingerprint density at radius 1 is 1.14 bits per heavy atom. The van der Waals surface area contributed by atoms with Gasteiger partial charge in [0.1, 0.15) is 11.9 Å². The lowest BCUT2D eigenvalue weighted by Crippen LogP contribution is -2.45. The maximum absolute atomic E-state index is 12.6. The van der Waals surface area contributed by atoms with Crippen LogP contribution >= 0.6 is 0 Å². The number of rotatable bonds is 4. The minimum Gasteiger partial charge on any atom is -0.508 e. The van der Waals surface area contributed by atoms with Crippen LogP contribution in [0.25, 0.3) is 0 Å². The second-order valence-corrected chi connectivity index (χ2v) is 10.6. The Kier molecular flexibility index (Phi) is 5.12. The fourth-order valence-corrected chi connectivity index (χ4v) is 7.55. The zero-order chi connectivity index (χ0) is 20.0. The lowest BCUT2D eigenvalue weighted by atomic mass is 9.55. The molecule has 0 aliphatic heterocycles. The minimum atomic E-state index is 0.0513. The van der Waals surface area contributed by atoms with Gasteiger partial charge in [-0.25, -0.2) is 0 Å². The normalized spacial score (nSPS) is 36.3. The van der Waals surface area contributed by atoms with Gasteiger partial charge in [0.05, 0.1) is 0 Å². The molecule has 0 spiro atoms. The highest BCUT2D eigenvalue weighted by Crippen LogP contribution is 2.61. The van der Waals surface area contributed by atoms with Crippen LogP contribution in [0.15, 0.2) is 18.2 Å². The number of phenols is 1. The van der Waals surface area contributed by atoms with E-state index in [1.165, 1.54) is 56.1 Å². The molecule has 4 aliphatic rings. The van der Waals surface area contributed by atoms with Crippen LogP contribution in [0.1, 0.15) is 94.6 Å². The zero-order valence-electron chi connectivity index (χ0n) is 17.9. The van der Waals surface area contributed by atoms with Gasteiger partial charge < -0.3 is 9.84 Å². The van der Waals surface area contributed by atoms with Crippen LogP contribution in [0.5, 0.6) is 5.75 Å². The van der Waals surface area contributed by atoms with E-state index in [4.69, 9.17) is 4.74 Å². The summed E-state index contributed by atoms with van der Waals surface area (Å²) in [6, 6.07) is 6.00. The van der Waals surface area contributed by atoms with Crippen LogP contribution in [0, 0.1) is 23.2 Å². The average Bonchev–Trinajstić information content (AvgIpc) is 3.34. The van der Waals surface area contributed by atoms with E-state index in [9.17, 15) is 9.90 Å². The Morgan fingerprint density at radius 3 is 2.79 bits per heavy atom. The number of aromatic hydroxyl groups is 1. The summed E-state index contributed by atoms with van der Waals surface area (Å²) in [7, 11) is 0. The number of aryl methyl sites for hydroxylation is 1. The van der Waals surface area contributed by atoms with Crippen molar-refractivity contribution in [3.05, 3.63) is 29.3 Å². The quantitative estimate of drug-likeness (QED) is 0.623. The molecule has 4 aliphatic carbocycles. The molecule has 158 valence electrons. The predicted molar refractivity (Wildman–Crippen MR) is 114 cm³/mol. The second kappa shape index (κ2) is 7.63. The summed E-state index contributed by atoms with van der Waals surface area (Å²) in [6.45, 7) is 2.40. The van der Waals surface area contributed by atoms with Crippen LogP contribution in [0.3, 0.4) is 0 Å². The Balaban J connectivity index is 1.25. The predicted octanol–water partition coefficient (Wildman–Crippen LogP) is 6.13. The molecule has 3 fully saturated rings. The summed E-state index contributed by atoms with van der Waals surface area (Å²) in [4.78, 5) is 12.6. The molecule has 0 bridgehead atoms. The first-order valence-electron chi connectivity index (χ1n) is 12.1. The largest absolute Gasteiger partial charge is 0.508 e. The van der Waals surface area contributed by atoms with E-state index in [0.29, 0.717) is 29.9 Å². The van der Waals surface area contributed by atoms with Crippen molar-refractivity contribution in [1.29, 1.82) is 0 Å². The number of ether oxygens (including phenoxy) is 1. The zero-order valence-corrected chi connectivity index (χ0v) is 17.9. The van der Waals surface area contributed by atoms with Crippen molar-refractivity contribution in [2.75, 3.05) is 0 Å². The van der Waals surface area contributed by atoms with E-state index in [1.807, 2.05) is 12.1 Å². The van der Waals surface area contributed by atoms with Crippen molar-refractivity contribution in [1.82, 2.24) is 0 Å². The highest BCUT2D eigenvalue weighted by atomic mass is 16.5. The van der Waals surface area contributed by atoms with Crippen LogP contribution in [-0.2, 0) is 16.0 Å². The Morgan fingerprint density at radius 2 is 1.97 bits per heavy atom. The van der Waals surface area contributed by atoms with Crippen molar-refractivity contribution in [2.24, 2.45) is 23.2 Å². The van der Waals surface area contributed by atoms with Gasteiger partial charge in [-0.1, -0.05) is 38.7 Å². The van der Waals surface area contributed by atoms with Crippen molar-refractivity contribution in [2.45, 2.75) is 96.0 Å². The smallest absolute Gasteiger partial charge is 0.306 e. The van der Waals surface area contributed by atoms with Gasteiger partial charge in [0.15, 0.2) is 0 Å². The summed E-state index contributed by atoms with van der Waals surface area (Å²) in [5, 5.41) is 9.86. The molecule has 0 saturated heterocycles. The SMILES string of the molecule is C[C@]12CC[C@@H]3c4ccc(O)cc4CC[C@@H]3[C@@H]1CCC2OC(=O)CCC1CCCC1. The van der Waals surface area contributed by atoms with Gasteiger partial charge in [0.2, 0.25) is 0 Å². The molecule has 0 amide bonds. The summed E-state index contributed by atoms with van der Waals surface area (Å²) in [5.74, 6) is 3.19. The van der Waals surface area contributed by atoms with Gasteiger partial charge in [-0.05, 0) is 91.9 Å². The fourth-order valence-electron chi connectivity index (χ4n) is 7.55. The Labute approximate surface area is 175 Å². The number of fused-ring (bicyclic) bond motifs is 5. The van der Waals surface area contributed by atoms with Gasteiger partial charge >= 0.3 is 5.97 Å². The molecule has 0 radical (unpaired) electrons. The lowest BCUT2D eigenvalue weighted by Gasteiger charge is -2.50. The average molecular weight is 397 g/mol. The molecule has 3 saturated carbocycles. The molecule has 1 aromatic rings. The minimum absolute atomic E-state index is 0.0513. The molecule has 3 heteroatoms. The fraction of sp³-hybridized carbons (Fsp3) is 0.731. The number of phenolic OH excluding ortho intramolecular Hbond substituents is 1. The molecule has 1 N–H and O–H groups in total. The molecular weight excluding hydrogens is 360 g/mol. The molecule has 5 atom stereocenters. The second-order valence-electron chi connectivity index (χ2n) is 10.6. The number of carbonyl (C=O) groups excluding carboxylic acids is 1. The van der Waals surface area contributed by atoms with Crippen molar-refractivity contribution >= 4 is 5.97 Å². The van der Waals surface area contributed by atoms with Crippen molar-refractivity contribution in [3.8, 4) is 5.75 Å². The van der Waals surface area contributed by atoms with Crippen LogP contribution in [0.4, 0.5) is 0 Å². The molecule has 1 unspecified atom stereocenters. The molecule has 0 heterocycles. The molecule has 5 rings (SSSR count). The molecule has 1 aromatic carbocycles. The van der Waals surface area contributed by atoms with E-state index < -0.39 is 0 Å². The van der Waals surface area contributed by atoms with Gasteiger partial charge in [-0.15, -0.1) is 0 Å². The topological polar surface area (TPSA) is 46.5 Å². The maximum Gasteiger partial charge on any atom is 0.306 e. The number of hydrogen-bond acceptors (Lipinski definition) is 3. The Bertz CT molecular complexity index is 765. The summed E-state index contributed by atoms with van der Waals surface area (Å²) < 4.78 is 6.14. The van der Waals surface area contributed by atoms with E-state index in [-0.39, 0.29) is 17.5 Å². The van der Waals surface area contributed by atoms with Crippen LogP contribution in [-0.4, -0.2) is 17.2 Å². The highest BCUT2D eigenvalue weighted by Gasteiger charge is 2.56. The highest BCUT2D eigenvalue weighted by molar-refractivity contribution is 5.69. The third-order valence-corrected chi connectivity index (χ3v) is 9.13. The number of hydrogen-bond donors (Lipinski definition) is 1. The first-order chi connectivity index (χ1) is 14.0. The molecule has 3 nitrogen and oxygen atoms in total. The van der Waals surface area contributed by atoms with Crippen LogP contribution in [0.2, 0.25) is 0 Å². The lowest BCUT2D eigenvalue weighted by molar-refractivity contribution is -0.157. The number of carbonyl (C=O) groups is 1. The van der Waals surface area contributed by atoms with Gasteiger partial charge in [0.25, 0.3) is 0 Å². The van der Waals surface area contributed by atoms with Gasteiger partial charge in [-0.3, -0.25) is 4.79 Å².